The molecule has 0 amide bonds. The summed E-state index contributed by atoms with van der Waals surface area (Å²) in [5.41, 5.74) is 1.32. The molecule has 1 saturated heterocycles. The zero-order valence-electron chi connectivity index (χ0n) is 9.45. The molecule has 0 aliphatic carbocycles. The van der Waals surface area contributed by atoms with Gasteiger partial charge in [0.15, 0.2) is 6.29 Å². The third kappa shape index (κ3) is 2.23. The van der Waals surface area contributed by atoms with Crippen LogP contribution in [0.5, 0.6) is 0 Å². The van der Waals surface area contributed by atoms with Crippen molar-refractivity contribution >= 4 is 12.0 Å². The number of piperidine rings is 1. The van der Waals surface area contributed by atoms with Crippen LogP contribution in [0.3, 0.4) is 0 Å². The maximum atomic E-state index is 13.0. The normalized spacial score (nSPS) is 20.9. The second-order valence-corrected chi connectivity index (χ2v) is 4.51. The number of rotatable bonds is 2. The molecule has 0 bridgehead atoms. The van der Waals surface area contributed by atoms with E-state index < -0.39 is 0 Å². The second kappa shape index (κ2) is 4.64. The summed E-state index contributed by atoms with van der Waals surface area (Å²) in [6.07, 6.45) is 3.10. The maximum Gasteiger partial charge on any atom is 0.152 e. The highest BCUT2D eigenvalue weighted by Gasteiger charge is 2.18. The van der Waals surface area contributed by atoms with Crippen molar-refractivity contribution in [2.24, 2.45) is 5.92 Å². The van der Waals surface area contributed by atoms with Gasteiger partial charge in [0.1, 0.15) is 5.82 Å². The fourth-order valence-electron chi connectivity index (χ4n) is 2.32. The number of hydrogen-bond donors (Lipinski definition) is 0. The minimum Gasteiger partial charge on any atom is -0.371 e. The Morgan fingerprint density at radius 3 is 3.00 bits per heavy atom. The van der Waals surface area contributed by atoms with E-state index >= 15 is 0 Å². The second-order valence-electron chi connectivity index (χ2n) is 4.51. The summed E-state index contributed by atoms with van der Waals surface area (Å²) in [5, 5.41) is 0. The molecule has 1 atom stereocenters. The molecule has 1 aromatic carbocycles. The van der Waals surface area contributed by atoms with E-state index in [9.17, 15) is 9.18 Å². The monoisotopic (exact) mass is 221 g/mol. The molecule has 2 rings (SSSR count). The van der Waals surface area contributed by atoms with Gasteiger partial charge in [-0.1, -0.05) is 6.92 Å². The molecular formula is C13H16FNO. The van der Waals surface area contributed by atoms with Gasteiger partial charge in [-0.25, -0.2) is 4.39 Å². The Kier molecular flexibility index (Phi) is 3.22. The summed E-state index contributed by atoms with van der Waals surface area (Å²) in [5.74, 6) is 0.286. The predicted molar refractivity (Wildman–Crippen MR) is 62.4 cm³/mol. The Morgan fingerprint density at radius 1 is 1.50 bits per heavy atom. The third-order valence-electron chi connectivity index (χ3n) is 3.11. The summed E-state index contributed by atoms with van der Waals surface area (Å²) in [6, 6.07) is 4.43. The van der Waals surface area contributed by atoms with E-state index in [1.807, 2.05) is 0 Å². The van der Waals surface area contributed by atoms with E-state index in [0.29, 0.717) is 11.5 Å². The number of carbonyl (C=O) groups is 1. The van der Waals surface area contributed by atoms with Crippen LogP contribution in [0.15, 0.2) is 18.2 Å². The van der Waals surface area contributed by atoms with Crippen molar-refractivity contribution in [1.29, 1.82) is 0 Å². The van der Waals surface area contributed by atoms with Gasteiger partial charge in [0.2, 0.25) is 0 Å². The average molecular weight is 221 g/mol. The summed E-state index contributed by atoms with van der Waals surface area (Å²) >= 11 is 0. The number of nitrogens with zero attached hydrogens (tertiary/aromatic N) is 1. The number of hydrogen-bond acceptors (Lipinski definition) is 2. The van der Waals surface area contributed by atoms with E-state index in [2.05, 4.69) is 11.8 Å². The van der Waals surface area contributed by atoms with Crippen molar-refractivity contribution in [1.82, 2.24) is 0 Å². The van der Waals surface area contributed by atoms with Crippen molar-refractivity contribution in [2.75, 3.05) is 18.0 Å². The first-order valence-electron chi connectivity index (χ1n) is 5.70. The van der Waals surface area contributed by atoms with Gasteiger partial charge < -0.3 is 4.90 Å². The van der Waals surface area contributed by atoms with Gasteiger partial charge in [0.25, 0.3) is 0 Å². The fraction of sp³-hybridized carbons (Fsp3) is 0.462. The van der Waals surface area contributed by atoms with Crippen LogP contribution >= 0.6 is 0 Å². The van der Waals surface area contributed by atoms with Crippen LogP contribution in [0, 0.1) is 11.7 Å². The van der Waals surface area contributed by atoms with Crippen LogP contribution in [0.1, 0.15) is 30.1 Å². The van der Waals surface area contributed by atoms with Crippen LogP contribution in [-0.2, 0) is 0 Å². The minimum absolute atomic E-state index is 0.351. The molecule has 1 fully saturated rings. The molecule has 3 heteroatoms. The molecule has 0 spiro atoms. The highest BCUT2D eigenvalue weighted by molar-refractivity contribution is 5.84. The number of halogens is 1. The molecule has 0 aromatic heterocycles. The smallest absolute Gasteiger partial charge is 0.152 e. The minimum atomic E-state index is -0.351. The molecule has 0 saturated carbocycles. The van der Waals surface area contributed by atoms with Gasteiger partial charge in [-0.2, -0.15) is 0 Å². The van der Waals surface area contributed by atoms with Crippen LogP contribution in [0.4, 0.5) is 10.1 Å². The Labute approximate surface area is 95.1 Å². The first-order chi connectivity index (χ1) is 7.70. The highest BCUT2D eigenvalue weighted by atomic mass is 19.1. The molecule has 1 aliphatic rings. The summed E-state index contributed by atoms with van der Waals surface area (Å²) < 4.78 is 13.0. The lowest BCUT2D eigenvalue weighted by atomic mass is 9.99. The van der Waals surface area contributed by atoms with E-state index in [-0.39, 0.29) is 5.82 Å². The predicted octanol–water partition coefficient (Wildman–Crippen LogP) is 2.87. The highest BCUT2D eigenvalue weighted by Crippen LogP contribution is 2.25. The topological polar surface area (TPSA) is 20.3 Å². The Morgan fingerprint density at radius 2 is 2.31 bits per heavy atom. The molecule has 0 N–H and O–H groups in total. The third-order valence-corrected chi connectivity index (χ3v) is 3.11. The van der Waals surface area contributed by atoms with Crippen LogP contribution in [0.2, 0.25) is 0 Å². The molecule has 2 nitrogen and oxygen atoms in total. The SMILES string of the molecule is CC1CCCN(c2ccc(F)cc2C=O)C1. The largest absolute Gasteiger partial charge is 0.371 e. The van der Waals surface area contributed by atoms with Crippen LogP contribution in [-0.4, -0.2) is 19.4 Å². The van der Waals surface area contributed by atoms with Crippen molar-refractivity contribution < 1.29 is 9.18 Å². The van der Waals surface area contributed by atoms with Crippen molar-refractivity contribution in [2.45, 2.75) is 19.8 Å². The van der Waals surface area contributed by atoms with E-state index in [1.54, 1.807) is 6.07 Å². The van der Waals surface area contributed by atoms with Gasteiger partial charge in [0, 0.05) is 24.3 Å². The van der Waals surface area contributed by atoms with Gasteiger partial charge in [-0.3, -0.25) is 4.79 Å². The summed E-state index contributed by atoms with van der Waals surface area (Å²) in [6.45, 7) is 4.11. The molecule has 86 valence electrons. The maximum absolute atomic E-state index is 13.0. The van der Waals surface area contributed by atoms with E-state index in [0.717, 1.165) is 31.5 Å². The first kappa shape index (κ1) is 11.1. The molecular weight excluding hydrogens is 205 g/mol. The Hall–Kier alpha value is -1.38. The molecule has 1 aliphatic heterocycles. The van der Waals surface area contributed by atoms with Crippen molar-refractivity contribution in [3.8, 4) is 0 Å². The molecule has 1 aromatic rings. The molecule has 1 unspecified atom stereocenters. The fourth-order valence-corrected chi connectivity index (χ4v) is 2.32. The van der Waals surface area contributed by atoms with Gasteiger partial charge >= 0.3 is 0 Å². The van der Waals surface area contributed by atoms with Gasteiger partial charge in [0.05, 0.1) is 0 Å². The van der Waals surface area contributed by atoms with Crippen molar-refractivity contribution in [3.05, 3.63) is 29.6 Å². The van der Waals surface area contributed by atoms with Crippen molar-refractivity contribution in [3.63, 3.8) is 0 Å². The quantitative estimate of drug-likeness (QED) is 0.716. The lowest BCUT2D eigenvalue weighted by molar-refractivity contribution is 0.112. The molecule has 1 heterocycles. The van der Waals surface area contributed by atoms with Gasteiger partial charge in [-0.05, 0) is 37.0 Å². The lowest BCUT2D eigenvalue weighted by Gasteiger charge is -2.33. The number of aldehydes is 1. The molecule has 0 radical (unpaired) electrons. The summed E-state index contributed by atoms with van der Waals surface area (Å²) in [7, 11) is 0. The van der Waals surface area contributed by atoms with E-state index in [4.69, 9.17) is 0 Å². The lowest BCUT2D eigenvalue weighted by Crippen LogP contribution is -2.34. The average Bonchev–Trinajstić information content (AvgIpc) is 2.28. The molecule has 16 heavy (non-hydrogen) atoms. The first-order valence-corrected chi connectivity index (χ1v) is 5.70. The zero-order chi connectivity index (χ0) is 11.5. The van der Waals surface area contributed by atoms with Crippen LogP contribution < -0.4 is 4.90 Å². The number of anilines is 1. The zero-order valence-corrected chi connectivity index (χ0v) is 9.45. The standard InChI is InChI=1S/C13H16FNO/c1-10-3-2-6-15(8-10)13-5-4-12(14)7-11(13)9-16/h4-5,7,9-10H,2-3,6,8H2,1H3. The van der Waals surface area contributed by atoms with Crippen LogP contribution in [0.25, 0.3) is 0 Å². The number of carbonyl (C=O) groups excluding carboxylic acids is 1. The Balaban J connectivity index is 2.28. The van der Waals surface area contributed by atoms with E-state index in [1.165, 1.54) is 18.6 Å². The van der Waals surface area contributed by atoms with Gasteiger partial charge in [-0.15, -0.1) is 0 Å². The Bertz CT molecular complexity index is 392. The number of benzene rings is 1. The summed E-state index contributed by atoms with van der Waals surface area (Å²) in [4.78, 5) is 13.1.